The van der Waals surface area contributed by atoms with Gasteiger partial charge in [0.05, 0.1) is 40.5 Å². The lowest BCUT2D eigenvalue weighted by atomic mass is 10.2. The summed E-state index contributed by atoms with van der Waals surface area (Å²) in [5, 5.41) is 23.3. The number of nitrogens with one attached hydrogen (secondary N) is 1. The van der Waals surface area contributed by atoms with Crippen LogP contribution in [0.15, 0.2) is 24.3 Å². The fraction of sp³-hybridized carbons (Fsp3) is 0.316. The number of benzene rings is 1. The van der Waals surface area contributed by atoms with E-state index in [1.54, 1.807) is 43.7 Å². The summed E-state index contributed by atoms with van der Waals surface area (Å²) in [5.74, 6) is -0.665. The Morgan fingerprint density at radius 2 is 1.87 bits per heavy atom. The number of hydrogen-bond acceptors (Lipinski definition) is 5. The van der Waals surface area contributed by atoms with Crippen molar-refractivity contribution in [2.24, 2.45) is 0 Å². The Kier molecular flexibility index (Phi) is 6.14. The van der Waals surface area contributed by atoms with Crippen molar-refractivity contribution in [1.82, 2.24) is 19.6 Å². The van der Waals surface area contributed by atoms with Crippen LogP contribution in [0.1, 0.15) is 35.6 Å². The zero-order valence-electron chi connectivity index (χ0n) is 16.8. The van der Waals surface area contributed by atoms with Gasteiger partial charge < -0.3 is 15.4 Å². The molecule has 9 nitrogen and oxygen atoms in total. The minimum absolute atomic E-state index is 0.302. The largest absolute Gasteiger partial charge is 0.390 e. The van der Waals surface area contributed by atoms with Gasteiger partial charge in [-0.25, -0.2) is 0 Å². The van der Waals surface area contributed by atoms with Crippen molar-refractivity contribution >= 4 is 40.6 Å². The molecule has 1 unspecified atom stereocenters. The Hall–Kier alpha value is -2.91. The number of nitrogens with zero attached hydrogens (tertiary/aromatic N) is 5. The van der Waals surface area contributed by atoms with Crippen LogP contribution < -0.4 is 5.32 Å². The second kappa shape index (κ2) is 8.45. The van der Waals surface area contributed by atoms with Crippen LogP contribution in [0.2, 0.25) is 10.0 Å². The number of nitro groups is 1. The molecule has 158 valence electrons. The van der Waals surface area contributed by atoms with E-state index < -0.39 is 11.0 Å². The summed E-state index contributed by atoms with van der Waals surface area (Å²) in [4.78, 5) is 23.2. The van der Waals surface area contributed by atoms with Gasteiger partial charge in [0.15, 0.2) is 0 Å². The zero-order chi connectivity index (χ0) is 22.2. The molecule has 0 radical (unpaired) electrons. The third-order valence-electron chi connectivity index (χ3n) is 4.84. The maximum Gasteiger partial charge on any atom is 0.390 e. The quantitative estimate of drug-likeness (QED) is 0.440. The van der Waals surface area contributed by atoms with Crippen molar-refractivity contribution in [3.8, 4) is 0 Å². The Morgan fingerprint density at radius 1 is 1.23 bits per heavy atom. The molecule has 3 aromatic rings. The molecule has 0 saturated carbocycles. The number of hydrogen-bond donors (Lipinski definition) is 1. The molecule has 1 amide bonds. The van der Waals surface area contributed by atoms with Gasteiger partial charge in [-0.3, -0.25) is 9.48 Å². The first-order valence-corrected chi connectivity index (χ1v) is 9.84. The molecule has 0 aliphatic rings. The predicted molar refractivity (Wildman–Crippen MR) is 114 cm³/mol. The van der Waals surface area contributed by atoms with Gasteiger partial charge in [-0.15, -0.1) is 0 Å². The minimum atomic E-state index is -0.751. The molecular weight excluding hydrogens is 431 g/mol. The Morgan fingerprint density at radius 3 is 2.43 bits per heavy atom. The van der Waals surface area contributed by atoms with E-state index in [0.29, 0.717) is 33.7 Å². The van der Waals surface area contributed by atoms with E-state index >= 15 is 0 Å². The molecule has 1 aromatic carbocycles. The summed E-state index contributed by atoms with van der Waals surface area (Å²) < 4.78 is 3.04. The molecule has 1 atom stereocenters. The Balaban J connectivity index is 1.83. The van der Waals surface area contributed by atoms with Crippen molar-refractivity contribution < 1.29 is 9.72 Å². The van der Waals surface area contributed by atoms with Crippen LogP contribution in [-0.2, 0) is 11.3 Å². The van der Waals surface area contributed by atoms with Crippen molar-refractivity contribution in [2.75, 3.05) is 5.32 Å². The molecule has 2 aromatic heterocycles. The summed E-state index contributed by atoms with van der Waals surface area (Å²) in [6.45, 7) is 7.24. The first kappa shape index (κ1) is 21.8. The van der Waals surface area contributed by atoms with Crippen LogP contribution in [0.25, 0.3) is 0 Å². The summed E-state index contributed by atoms with van der Waals surface area (Å²) in [6.07, 6.45) is 0. The number of rotatable bonds is 6. The number of carbonyl (C=O) groups excluding carboxylic acids is 1. The van der Waals surface area contributed by atoms with Gasteiger partial charge in [-0.2, -0.15) is 9.78 Å². The van der Waals surface area contributed by atoms with Gasteiger partial charge in [0.25, 0.3) is 5.91 Å². The van der Waals surface area contributed by atoms with E-state index in [1.165, 1.54) is 10.7 Å². The molecule has 0 saturated heterocycles. The smallest absolute Gasteiger partial charge is 0.358 e. The molecule has 0 bridgehead atoms. The molecular formula is C19H20Cl2N6O3. The van der Waals surface area contributed by atoms with Crippen LogP contribution >= 0.6 is 23.2 Å². The lowest BCUT2D eigenvalue weighted by Gasteiger charge is -2.12. The van der Waals surface area contributed by atoms with Crippen LogP contribution in [0.3, 0.4) is 0 Å². The second-order valence-corrected chi connectivity index (χ2v) is 7.73. The van der Waals surface area contributed by atoms with Crippen LogP contribution in [0.5, 0.6) is 0 Å². The van der Waals surface area contributed by atoms with Gasteiger partial charge >= 0.3 is 5.82 Å². The number of amides is 1. The zero-order valence-corrected chi connectivity index (χ0v) is 18.3. The SMILES string of the molecule is Cc1nn(Cc2c(Cl)cccc2Cl)c(C)c1NC(=O)C(C)n1nc([N+](=O)[O-])cc1C. The fourth-order valence-electron chi connectivity index (χ4n) is 3.16. The lowest BCUT2D eigenvalue weighted by molar-refractivity contribution is -0.389. The Labute approximate surface area is 182 Å². The summed E-state index contributed by atoms with van der Waals surface area (Å²) in [7, 11) is 0. The topological polar surface area (TPSA) is 108 Å². The van der Waals surface area contributed by atoms with Gasteiger partial charge in [-0.05, 0) is 44.8 Å². The highest BCUT2D eigenvalue weighted by Crippen LogP contribution is 2.28. The van der Waals surface area contributed by atoms with Crippen molar-refractivity contribution in [1.29, 1.82) is 0 Å². The number of anilines is 1. The van der Waals surface area contributed by atoms with Crippen molar-refractivity contribution in [3.05, 3.63) is 67.1 Å². The molecule has 3 rings (SSSR count). The van der Waals surface area contributed by atoms with Crippen LogP contribution in [0.4, 0.5) is 11.5 Å². The summed E-state index contributed by atoms with van der Waals surface area (Å²) in [6, 6.07) is 5.85. The van der Waals surface area contributed by atoms with E-state index in [9.17, 15) is 14.9 Å². The highest BCUT2D eigenvalue weighted by molar-refractivity contribution is 6.35. The standard InChI is InChI=1S/C19H20Cl2N6O3/c1-10-8-17(27(29)30)24-26(10)13(4)19(28)22-18-11(2)23-25(12(18)3)9-14-15(20)6-5-7-16(14)21/h5-8,13H,9H2,1-4H3,(H,22,28). The normalized spacial score (nSPS) is 12.1. The van der Waals surface area contributed by atoms with Crippen LogP contribution in [-0.4, -0.2) is 30.4 Å². The fourth-order valence-corrected chi connectivity index (χ4v) is 3.67. The lowest BCUT2D eigenvalue weighted by Crippen LogP contribution is -2.25. The summed E-state index contributed by atoms with van der Waals surface area (Å²) >= 11 is 12.5. The van der Waals surface area contributed by atoms with E-state index in [-0.39, 0.29) is 11.7 Å². The van der Waals surface area contributed by atoms with E-state index in [2.05, 4.69) is 15.5 Å². The average Bonchev–Trinajstić information content (AvgIpc) is 3.19. The first-order valence-electron chi connectivity index (χ1n) is 9.08. The number of aryl methyl sites for hydroxylation is 2. The Bertz CT molecular complexity index is 1120. The maximum absolute atomic E-state index is 12.8. The molecule has 1 N–H and O–H groups in total. The van der Waals surface area contributed by atoms with Crippen molar-refractivity contribution in [2.45, 2.75) is 40.3 Å². The monoisotopic (exact) mass is 450 g/mol. The third-order valence-corrected chi connectivity index (χ3v) is 5.55. The maximum atomic E-state index is 12.8. The molecule has 0 aliphatic carbocycles. The molecule has 0 fully saturated rings. The highest BCUT2D eigenvalue weighted by atomic mass is 35.5. The van der Waals surface area contributed by atoms with Gasteiger partial charge in [0.2, 0.25) is 0 Å². The van der Waals surface area contributed by atoms with E-state index in [1.807, 2.05) is 6.92 Å². The highest BCUT2D eigenvalue weighted by Gasteiger charge is 2.26. The average molecular weight is 451 g/mol. The van der Waals surface area contributed by atoms with Gasteiger partial charge in [0.1, 0.15) is 6.04 Å². The van der Waals surface area contributed by atoms with E-state index in [0.717, 1.165) is 11.3 Å². The first-order chi connectivity index (χ1) is 14.1. The molecule has 11 heteroatoms. The number of halogens is 2. The minimum Gasteiger partial charge on any atom is -0.358 e. The van der Waals surface area contributed by atoms with Crippen molar-refractivity contribution in [3.63, 3.8) is 0 Å². The molecule has 2 heterocycles. The predicted octanol–water partition coefficient (Wildman–Crippen LogP) is 4.47. The second-order valence-electron chi connectivity index (χ2n) is 6.91. The van der Waals surface area contributed by atoms with Crippen LogP contribution in [0, 0.1) is 30.9 Å². The molecule has 30 heavy (non-hydrogen) atoms. The summed E-state index contributed by atoms with van der Waals surface area (Å²) in [5.41, 5.74) is 3.17. The number of aromatic nitrogens is 4. The molecule has 0 spiro atoms. The van der Waals surface area contributed by atoms with Gasteiger partial charge in [-0.1, -0.05) is 29.3 Å². The molecule has 0 aliphatic heterocycles. The third kappa shape index (κ3) is 4.17. The number of carbonyl (C=O) groups is 1. The van der Waals surface area contributed by atoms with E-state index in [4.69, 9.17) is 23.2 Å². The van der Waals surface area contributed by atoms with Gasteiger partial charge in [0, 0.05) is 15.6 Å².